The summed E-state index contributed by atoms with van der Waals surface area (Å²) in [6, 6.07) is 24.2. The minimum atomic E-state index is 0.0456. The molecule has 4 nitrogen and oxygen atoms in total. The fourth-order valence-electron chi connectivity index (χ4n) is 3.52. The average Bonchev–Trinajstić information content (AvgIpc) is 3.06. The van der Waals surface area contributed by atoms with Gasteiger partial charge in [-0.1, -0.05) is 54.6 Å². The summed E-state index contributed by atoms with van der Waals surface area (Å²) < 4.78 is 0. The first kappa shape index (κ1) is 19.6. The van der Waals surface area contributed by atoms with Crippen LogP contribution in [0.4, 0.5) is 11.5 Å². The lowest BCUT2D eigenvalue weighted by Crippen LogP contribution is -2.30. The fraction of sp³-hybridized carbons (Fsp3) is 0.154. The summed E-state index contributed by atoms with van der Waals surface area (Å²) in [5, 5.41) is 3.26. The zero-order chi connectivity index (χ0) is 20.6. The molecule has 1 N–H and O–H groups in total. The van der Waals surface area contributed by atoms with E-state index < -0.39 is 0 Å². The fourth-order valence-corrected chi connectivity index (χ4v) is 3.52. The topological polar surface area (TPSA) is 45.2 Å². The molecule has 0 saturated carbocycles. The van der Waals surface area contributed by atoms with Crippen molar-refractivity contribution in [3.05, 3.63) is 102 Å². The van der Waals surface area contributed by atoms with Crippen LogP contribution >= 0.6 is 0 Å². The number of aromatic nitrogens is 1. The molecule has 0 spiro atoms. The van der Waals surface area contributed by atoms with Gasteiger partial charge in [-0.2, -0.15) is 0 Å². The molecule has 4 heteroatoms. The van der Waals surface area contributed by atoms with Crippen molar-refractivity contribution in [2.45, 2.75) is 12.8 Å². The molecule has 1 aliphatic heterocycles. The first-order chi connectivity index (χ1) is 14.8. The highest BCUT2D eigenvalue weighted by molar-refractivity contribution is 5.92. The van der Waals surface area contributed by atoms with Gasteiger partial charge in [0.2, 0.25) is 5.91 Å². The van der Waals surface area contributed by atoms with Gasteiger partial charge in [-0.3, -0.25) is 4.79 Å². The highest BCUT2D eigenvalue weighted by Gasteiger charge is 2.14. The van der Waals surface area contributed by atoms with E-state index in [1.54, 1.807) is 12.3 Å². The molecule has 0 atom stereocenters. The number of carbonyl (C=O) groups is 1. The van der Waals surface area contributed by atoms with Crippen LogP contribution in [0, 0.1) is 0 Å². The number of carbonyl (C=O) groups excluding carboxylic acids is 1. The number of amides is 1. The molecule has 4 rings (SSSR count). The predicted octanol–water partition coefficient (Wildman–Crippen LogP) is 5.54. The van der Waals surface area contributed by atoms with Crippen molar-refractivity contribution < 1.29 is 4.79 Å². The number of nitrogens with zero attached hydrogens (tertiary/aromatic N) is 2. The van der Waals surface area contributed by atoms with E-state index in [0.717, 1.165) is 43.0 Å². The van der Waals surface area contributed by atoms with Crippen LogP contribution in [-0.2, 0) is 4.79 Å². The van der Waals surface area contributed by atoms with E-state index in [4.69, 9.17) is 0 Å². The van der Waals surface area contributed by atoms with Crippen molar-refractivity contribution in [3.8, 4) is 0 Å². The van der Waals surface area contributed by atoms with E-state index >= 15 is 0 Å². The van der Waals surface area contributed by atoms with Gasteiger partial charge < -0.3 is 10.2 Å². The number of nitrogens with one attached hydrogen (secondary N) is 1. The minimum Gasteiger partial charge on any atom is -0.340 e. The molecule has 3 aromatic rings. The number of anilines is 2. The Morgan fingerprint density at radius 3 is 2.43 bits per heavy atom. The van der Waals surface area contributed by atoms with Crippen LogP contribution < -0.4 is 5.32 Å². The molecule has 0 unspecified atom stereocenters. The minimum absolute atomic E-state index is 0.0456. The molecule has 0 aliphatic carbocycles. The van der Waals surface area contributed by atoms with Gasteiger partial charge in [-0.25, -0.2) is 4.98 Å². The zero-order valence-electron chi connectivity index (χ0n) is 16.9. The van der Waals surface area contributed by atoms with Crippen molar-refractivity contribution >= 4 is 29.1 Å². The summed E-state index contributed by atoms with van der Waals surface area (Å²) in [5.74, 6) is 0.820. The lowest BCUT2D eigenvalue weighted by Gasteiger charge is -2.18. The van der Waals surface area contributed by atoms with E-state index in [9.17, 15) is 4.79 Å². The summed E-state index contributed by atoms with van der Waals surface area (Å²) in [6.45, 7) is 1.49. The SMILES string of the molecule is O=C(/C=C/c1ccc(Nc2ccccc2)nc1)N1CCC=C(c2ccccc2)CC1. The third kappa shape index (κ3) is 5.23. The quantitative estimate of drug-likeness (QED) is 0.577. The van der Waals surface area contributed by atoms with Crippen LogP contribution in [0.1, 0.15) is 24.0 Å². The van der Waals surface area contributed by atoms with E-state index in [-0.39, 0.29) is 5.91 Å². The molecule has 30 heavy (non-hydrogen) atoms. The van der Waals surface area contributed by atoms with Crippen molar-refractivity contribution in [2.75, 3.05) is 18.4 Å². The van der Waals surface area contributed by atoms with Crippen LogP contribution in [0.2, 0.25) is 0 Å². The second kappa shape index (κ2) is 9.70. The van der Waals surface area contributed by atoms with Gasteiger partial charge in [0, 0.05) is 31.0 Å². The summed E-state index contributed by atoms with van der Waals surface area (Å²) >= 11 is 0. The largest absolute Gasteiger partial charge is 0.340 e. The first-order valence-electron chi connectivity index (χ1n) is 10.3. The van der Waals surface area contributed by atoms with Crippen molar-refractivity contribution in [1.29, 1.82) is 0 Å². The van der Waals surface area contributed by atoms with Crippen LogP contribution in [0.3, 0.4) is 0 Å². The van der Waals surface area contributed by atoms with Gasteiger partial charge in [0.1, 0.15) is 5.82 Å². The predicted molar refractivity (Wildman–Crippen MR) is 123 cm³/mol. The maximum Gasteiger partial charge on any atom is 0.246 e. The molecule has 2 heterocycles. The molecule has 0 radical (unpaired) electrons. The normalized spacial score (nSPS) is 14.3. The number of rotatable bonds is 5. The van der Waals surface area contributed by atoms with Crippen LogP contribution in [-0.4, -0.2) is 28.9 Å². The third-order valence-corrected chi connectivity index (χ3v) is 5.15. The third-order valence-electron chi connectivity index (χ3n) is 5.15. The lowest BCUT2D eigenvalue weighted by atomic mass is 10.0. The summed E-state index contributed by atoms with van der Waals surface area (Å²) in [7, 11) is 0. The maximum atomic E-state index is 12.7. The Bertz CT molecular complexity index is 1020. The van der Waals surface area contributed by atoms with Crippen molar-refractivity contribution in [1.82, 2.24) is 9.88 Å². The van der Waals surface area contributed by atoms with E-state index in [0.29, 0.717) is 0 Å². The summed E-state index contributed by atoms with van der Waals surface area (Å²) in [6.07, 6.45) is 9.27. The zero-order valence-corrected chi connectivity index (χ0v) is 16.9. The van der Waals surface area contributed by atoms with Crippen LogP contribution in [0.5, 0.6) is 0 Å². The monoisotopic (exact) mass is 395 g/mol. The molecular weight excluding hydrogens is 370 g/mol. The van der Waals surface area contributed by atoms with Crippen LogP contribution in [0.25, 0.3) is 11.6 Å². The average molecular weight is 396 g/mol. The number of hydrogen-bond donors (Lipinski definition) is 1. The van der Waals surface area contributed by atoms with Crippen LogP contribution in [0.15, 0.2) is 91.1 Å². The van der Waals surface area contributed by atoms with E-state index in [1.807, 2.05) is 59.5 Å². The van der Waals surface area contributed by atoms with Gasteiger partial charge in [0.05, 0.1) is 0 Å². The van der Waals surface area contributed by atoms with Crippen molar-refractivity contribution in [2.24, 2.45) is 0 Å². The molecule has 1 amide bonds. The number of pyridine rings is 1. The summed E-state index contributed by atoms with van der Waals surface area (Å²) in [4.78, 5) is 19.0. The first-order valence-corrected chi connectivity index (χ1v) is 10.3. The number of hydrogen-bond acceptors (Lipinski definition) is 3. The van der Waals surface area contributed by atoms with Gasteiger partial charge >= 0.3 is 0 Å². The molecular formula is C26H25N3O. The highest BCUT2D eigenvalue weighted by Crippen LogP contribution is 2.22. The molecule has 1 aromatic heterocycles. The van der Waals surface area contributed by atoms with Gasteiger partial charge in [-0.05, 0) is 59.9 Å². The Balaban J connectivity index is 1.32. The lowest BCUT2D eigenvalue weighted by molar-refractivity contribution is -0.125. The Morgan fingerprint density at radius 1 is 0.933 bits per heavy atom. The van der Waals surface area contributed by atoms with Gasteiger partial charge in [0.25, 0.3) is 0 Å². The molecule has 0 fully saturated rings. The van der Waals surface area contributed by atoms with Gasteiger partial charge in [-0.15, -0.1) is 0 Å². The van der Waals surface area contributed by atoms with E-state index in [2.05, 4.69) is 40.6 Å². The number of benzene rings is 2. The highest BCUT2D eigenvalue weighted by atomic mass is 16.2. The Morgan fingerprint density at radius 2 is 1.70 bits per heavy atom. The standard InChI is InChI=1S/C26H25N3O/c30-26(29-18-7-10-23(17-19-29)22-8-3-1-4-9-22)16-14-21-13-15-25(27-20-21)28-24-11-5-2-6-12-24/h1-6,8-16,20H,7,17-19H2,(H,27,28)/b16-14+. The smallest absolute Gasteiger partial charge is 0.246 e. The second-order valence-corrected chi connectivity index (χ2v) is 7.26. The Labute approximate surface area is 177 Å². The molecule has 0 saturated heterocycles. The Kier molecular flexibility index (Phi) is 6.35. The molecule has 150 valence electrons. The molecule has 0 bridgehead atoms. The summed E-state index contributed by atoms with van der Waals surface area (Å²) in [5.41, 5.74) is 4.46. The number of para-hydroxylation sites is 1. The maximum absolute atomic E-state index is 12.7. The molecule has 1 aliphatic rings. The van der Waals surface area contributed by atoms with Crippen molar-refractivity contribution in [3.63, 3.8) is 0 Å². The second-order valence-electron chi connectivity index (χ2n) is 7.26. The van der Waals surface area contributed by atoms with E-state index in [1.165, 1.54) is 11.1 Å². The Hall–Kier alpha value is -3.66. The van der Waals surface area contributed by atoms with Gasteiger partial charge in [0.15, 0.2) is 0 Å². The molecule has 2 aromatic carbocycles.